The van der Waals surface area contributed by atoms with Gasteiger partial charge < -0.3 is 5.32 Å². The van der Waals surface area contributed by atoms with Crippen molar-refractivity contribution in [3.8, 4) is 0 Å². The highest BCUT2D eigenvalue weighted by atomic mass is 35.5. The molecule has 1 saturated heterocycles. The Hall–Kier alpha value is -0.530. The molecule has 2 fully saturated rings. The summed E-state index contributed by atoms with van der Waals surface area (Å²) in [4.78, 5) is 0. The molecule has 1 nitrogen and oxygen atoms in total. The van der Waals surface area contributed by atoms with E-state index in [-0.39, 0.29) is 12.4 Å². The predicted molar refractivity (Wildman–Crippen MR) is 70.3 cm³/mol. The molecule has 0 amide bonds. The Bertz CT molecular complexity index is 352. The van der Waals surface area contributed by atoms with Crippen LogP contribution in [-0.4, -0.2) is 13.1 Å². The number of benzene rings is 1. The molecule has 1 heterocycles. The zero-order valence-electron chi connectivity index (χ0n) is 9.78. The number of fused-ring (bicyclic) bond motifs is 1. The first-order valence-corrected chi connectivity index (χ1v) is 6.10. The average molecular weight is 238 g/mol. The molecule has 2 heteroatoms. The minimum atomic E-state index is 0. The zero-order chi connectivity index (χ0) is 10.3. The largest absolute Gasteiger partial charge is 0.316 e. The molecule has 1 aliphatic heterocycles. The van der Waals surface area contributed by atoms with E-state index in [0.29, 0.717) is 0 Å². The highest BCUT2D eigenvalue weighted by Crippen LogP contribution is 2.43. The van der Waals surface area contributed by atoms with Crippen LogP contribution in [0.2, 0.25) is 0 Å². The maximum atomic E-state index is 3.51. The number of rotatable bonds is 1. The summed E-state index contributed by atoms with van der Waals surface area (Å²) < 4.78 is 0. The standard InChI is InChI=1S/C14H19N.ClH/c1-10-3-2-4-11(5-10)12-6-13-8-15-9-14(13)7-12;/h2-5,12-15H,6-9H2,1H3;1H/t12?,13-,14+;. The van der Waals surface area contributed by atoms with E-state index in [2.05, 4.69) is 36.5 Å². The van der Waals surface area contributed by atoms with E-state index < -0.39 is 0 Å². The van der Waals surface area contributed by atoms with Gasteiger partial charge in [0.25, 0.3) is 0 Å². The number of halogens is 1. The zero-order valence-corrected chi connectivity index (χ0v) is 10.6. The van der Waals surface area contributed by atoms with Crippen LogP contribution < -0.4 is 5.32 Å². The molecule has 0 bridgehead atoms. The molecule has 1 aromatic rings. The van der Waals surface area contributed by atoms with Crippen molar-refractivity contribution >= 4 is 12.4 Å². The fraction of sp³-hybridized carbons (Fsp3) is 0.571. The molecule has 3 rings (SSSR count). The quantitative estimate of drug-likeness (QED) is 0.792. The maximum Gasteiger partial charge on any atom is -0.00171 e. The fourth-order valence-electron chi connectivity index (χ4n) is 3.36. The van der Waals surface area contributed by atoms with Crippen LogP contribution in [0.5, 0.6) is 0 Å². The molecule has 1 N–H and O–H groups in total. The van der Waals surface area contributed by atoms with Crippen molar-refractivity contribution in [3.05, 3.63) is 35.4 Å². The van der Waals surface area contributed by atoms with Crippen LogP contribution in [0.1, 0.15) is 29.9 Å². The Balaban J connectivity index is 0.000000963. The number of hydrogen-bond donors (Lipinski definition) is 1. The number of nitrogens with one attached hydrogen (secondary N) is 1. The first-order valence-electron chi connectivity index (χ1n) is 6.10. The third-order valence-corrected chi connectivity index (χ3v) is 4.17. The van der Waals surface area contributed by atoms with Crippen LogP contribution in [0.3, 0.4) is 0 Å². The lowest BCUT2D eigenvalue weighted by Crippen LogP contribution is -2.11. The van der Waals surface area contributed by atoms with E-state index in [1.54, 1.807) is 5.56 Å². The third kappa shape index (κ3) is 2.11. The van der Waals surface area contributed by atoms with Gasteiger partial charge in [0.2, 0.25) is 0 Å². The minimum Gasteiger partial charge on any atom is -0.316 e. The number of aryl methyl sites for hydroxylation is 1. The van der Waals surface area contributed by atoms with Gasteiger partial charge in [0.1, 0.15) is 0 Å². The van der Waals surface area contributed by atoms with Crippen molar-refractivity contribution in [2.75, 3.05) is 13.1 Å². The summed E-state index contributed by atoms with van der Waals surface area (Å²) in [5.41, 5.74) is 2.98. The maximum absolute atomic E-state index is 3.51. The van der Waals surface area contributed by atoms with Crippen molar-refractivity contribution in [2.24, 2.45) is 11.8 Å². The van der Waals surface area contributed by atoms with Crippen LogP contribution in [0.4, 0.5) is 0 Å². The van der Waals surface area contributed by atoms with E-state index in [9.17, 15) is 0 Å². The summed E-state index contributed by atoms with van der Waals surface area (Å²) in [6.07, 6.45) is 2.81. The lowest BCUT2D eigenvalue weighted by molar-refractivity contribution is 0.494. The molecule has 0 spiro atoms. The predicted octanol–water partition coefficient (Wildman–Crippen LogP) is 3.13. The monoisotopic (exact) mass is 237 g/mol. The van der Waals surface area contributed by atoms with Gasteiger partial charge in [-0.1, -0.05) is 29.8 Å². The average Bonchev–Trinajstić information content (AvgIpc) is 2.76. The molecule has 3 atom stereocenters. The van der Waals surface area contributed by atoms with Gasteiger partial charge in [0.05, 0.1) is 0 Å². The SMILES string of the molecule is Cc1cccc(C2C[C@H]3CNC[C@H]3C2)c1.Cl. The Morgan fingerprint density at radius 1 is 1.12 bits per heavy atom. The van der Waals surface area contributed by atoms with Crippen molar-refractivity contribution in [1.82, 2.24) is 5.32 Å². The molecular formula is C14H20ClN. The van der Waals surface area contributed by atoms with Gasteiger partial charge in [0, 0.05) is 0 Å². The first-order chi connectivity index (χ1) is 7.33. The molecule has 1 aliphatic carbocycles. The highest BCUT2D eigenvalue weighted by Gasteiger charge is 2.37. The summed E-state index contributed by atoms with van der Waals surface area (Å²) >= 11 is 0. The van der Waals surface area contributed by atoms with E-state index in [1.807, 2.05) is 0 Å². The molecule has 1 unspecified atom stereocenters. The molecule has 0 aromatic heterocycles. The van der Waals surface area contributed by atoms with Crippen molar-refractivity contribution in [2.45, 2.75) is 25.7 Å². The van der Waals surface area contributed by atoms with Crippen LogP contribution in [-0.2, 0) is 0 Å². The third-order valence-electron chi connectivity index (χ3n) is 4.17. The lowest BCUT2D eigenvalue weighted by atomic mass is 9.95. The molecule has 88 valence electrons. The Morgan fingerprint density at radius 3 is 2.44 bits per heavy atom. The summed E-state index contributed by atoms with van der Waals surface area (Å²) in [6, 6.07) is 9.09. The second-order valence-electron chi connectivity index (χ2n) is 5.26. The summed E-state index contributed by atoms with van der Waals surface area (Å²) in [6.45, 7) is 4.71. The molecule has 1 aromatic carbocycles. The van der Waals surface area contributed by atoms with Gasteiger partial charge in [-0.05, 0) is 56.2 Å². The highest BCUT2D eigenvalue weighted by molar-refractivity contribution is 5.85. The lowest BCUT2D eigenvalue weighted by Gasteiger charge is -2.12. The fourth-order valence-corrected chi connectivity index (χ4v) is 3.36. The van der Waals surface area contributed by atoms with E-state index in [1.165, 1.54) is 31.5 Å². The van der Waals surface area contributed by atoms with Crippen molar-refractivity contribution in [3.63, 3.8) is 0 Å². The van der Waals surface area contributed by atoms with E-state index in [4.69, 9.17) is 0 Å². The summed E-state index contributed by atoms with van der Waals surface area (Å²) in [5.74, 6) is 2.74. The van der Waals surface area contributed by atoms with Gasteiger partial charge in [-0.15, -0.1) is 12.4 Å². The van der Waals surface area contributed by atoms with Crippen LogP contribution in [0.15, 0.2) is 24.3 Å². The normalized spacial score (nSPS) is 32.2. The van der Waals surface area contributed by atoms with Crippen molar-refractivity contribution < 1.29 is 0 Å². The van der Waals surface area contributed by atoms with Crippen molar-refractivity contribution in [1.29, 1.82) is 0 Å². The Labute approximate surface area is 104 Å². The van der Waals surface area contributed by atoms with Gasteiger partial charge in [-0.25, -0.2) is 0 Å². The van der Waals surface area contributed by atoms with Crippen LogP contribution in [0, 0.1) is 18.8 Å². The van der Waals surface area contributed by atoms with E-state index >= 15 is 0 Å². The molecule has 2 aliphatic rings. The molecule has 1 saturated carbocycles. The topological polar surface area (TPSA) is 12.0 Å². The van der Waals surface area contributed by atoms with Crippen LogP contribution in [0.25, 0.3) is 0 Å². The Morgan fingerprint density at radius 2 is 1.81 bits per heavy atom. The van der Waals surface area contributed by atoms with Crippen LogP contribution >= 0.6 is 12.4 Å². The minimum absolute atomic E-state index is 0. The second-order valence-corrected chi connectivity index (χ2v) is 5.26. The smallest absolute Gasteiger partial charge is 0.00171 e. The molecule has 16 heavy (non-hydrogen) atoms. The first kappa shape index (κ1) is 11.9. The van der Waals surface area contributed by atoms with Gasteiger partial charge in [-0.2, -0.15) is 0 Å². The number of hydrogen-bond acceptors (Lipinski definition) is 1. The van der Waals surface area contributed by atoms with Gasteiger partial charge in [-0.3, -0.25) is 0 Å². The molecule has 0 radical (unpaired) electrons. The summed E-state index contributed by atoms with van der Waals surface area (Å²) in [5, 5.41) is 3.51. The molecular weight excluding hydrogens is 218 g/mol. The second kappa shape index (κ2) is 4.77. The summed E-state index contributed by atoms with van der Waals surface area (Å²) in [7, 11) is 0. The van der Waals surface area contributed by atoms with Gasteiger partial charge >= 0.3 is 0 Å². The Kier molecular flexibility index (Phi) is 3.56. The van der Waals surface area contributed by atoms with E-state index in [0.717, 1.165) is 17.8 Å². The van der Waals surface area contributed by atoms with Gasteiger partial charge in [0.15, 0.2) is 0 Å².